The number of aryl methyl sites for hydroxylation is 1. The van der Waals surface area contributed by atoms with Crippen LogP contribution in [-0.4, -0.2) is 19.6 Å². The van der Waals surface area contributed by atoms with Crippen LogP contribution in [0.5, 0.6) is 5.75 Å². The van der Waals surface area contributed by atoms with Gasteiger partial charge in [0.2, 0.25) is 0 Å². The molecule has 0 spiro atoms. The molecule has 0 fully saturated rings. The molecule has 0 aliphatic carbocycles. The van der Waals surface area contributed by atoms with E-state index in [1.807, 2.05) is 38.2 Å². The number of nitrogens with zero attached hydrogens (tertiary/aromatic N) is 3. The van der Waals surface area contributed by atoms with E-state index in [9.17, 15) is 6.48 Å². The van der Waals surface area contributed by atoms with Crippen LogP contribution in [0.15, 0.2) is 134 Å². The molecule has 2 aromatic heterocycles. The predicted molar refractivity (Wildman–Crippen MR) is 261 cm³/mol. The Morgan fingerprint density at radius 3 is 1.92 bits per heavy atom. The van der Waals surface area contributed by atoms with Crippen molar-refractivity contribution < 1.29 is 27.5 Å². The minimum atomic E-state index is -0.890. The Labute approximate surface area is 391 Å². The van der Waals surface area contributed by atoms with Crippen LogP contribution in [0.3, 0.4) is 0 Å². The number of imidazole rings is 1. The van der Waals surface area contributed by atoms with Gasteiger partial charge in [0.15, 0.2) is 0 Å². The second kappa shape index (κ2) is 17.2. The van der Waals surface area contributed by atoms with Gasteiger partial charge >= 0.3 is 0 Å². The fourth-order valence-corrected chi connectivity index (χ4v) is 8.18. The third kappa shape index (κ3) is 9.25. The maximum absolute atomic E-state index is 12.5. The number of hydrogen-bond donors (Lipinski definition) is 1. The van der Waals surface area contributed by atoms with Crippen LogP contribution in [0.4, 0.5) is 0 Å². The molecule has 0 aliphatic rings. The van der Waals surface area contributed by atoms with E-state index in [-0.39, 0.29) is 43.1 Å². The zero-order valence-electron chi connectivity index (χ0n) is 39.8. The number of pyridine rings is 1. The number of para-hydroxylation sites is 1. The van der Waals surface area contributed by atoms with Crippen molar-refractivity contribution in [1.29, 1.82) is 0 Å². The van der Waals surface area contributed by atoms with Gasteiger partial charge in [-0.05, 0) is 92.8 Å². The topological polar surface area (TPSA) is 50.9 Å². The van der Waals surface area contributed by atoms with Crippen molar-refractivity contribution in [2.75, 3.05) is 0 Å². The molecule has 8 rings (SSSR count). The summed E-state index contributed by atoms with van der Waals surface area (Å²) in [6, 6.07) is 48.5. The van der Waals surface area contributed by atoms with Crippen LogP contribution in [-0.2, 0) is 37.3 Å². The first-order valence-electron chi connectivity index (χ1n) is 22.3. The molecule has 0 saturated carbocycles. The van der Waals surface area contributed by atoms with Gasteiger partial charge in [0.1, 0.15) is 11.6 Å². The summed E-state index contributed by atoms with van der Waals surface area (Å²) in [6.07, 6.45) is 1.89. The maximum atomic E-state index is 12.5. The van der Waals surface area contributed by atoms with Crippen molar-refractivity contribution in [2.45, 2.75) is 105 Å². The zero-order chi connectivity index (χ0) is 45.2. The van der Waals surface area contributed by atoms with Crippen molar-refractivity contribution in [1.82, 2.24) is 14.5 Å². The Morgan fingerprint density at radius 1 is 0.619 bits per heavy atom. The molecule has 0 saturated heterocycles. The second-order valence-corrected chi connectivity index (χ2v) is 20.2. The van der Waals surface area contributed by atoms with Gasteiger partial charge in [0.05, 0.1) is 16.6 Å². The second-order valence-electron chi connectivity index (χ2n) is 20.2. The van der Waals surface area contributed by atoms with Gasteiger partial charge in [-0.3, -0.25) is 9.55 Å². The number of fused-ring (bicyclic) bond motifs is 1. The molecule has 0 unspecified atom stereocenters. The predicted octanol–water partition coefficient (Wildman–Crippen LogP) is 15.6. The number of rotatable bonds is 7. The molecule has 4 nitrogen and oxygen atoms in total. The van der Waals surface area contributed by atoms with Gasteiger partial charge in [-0.15, -0.1) is 29.3 Å². The Hall–Kier alpha value is -5.57. The quantitative estimate of drug-likeness (QED) is 0.162. The average molecular weight is 1010 g/mol. The number of aromatic hydroxyl groups is 1. The van der Waals surface area contributed by atoms with Crippen molar-refractivity contribution in [3.8, 4) is 67.5 Å². The molecule has 8 aromatic rings. The molecular formula is C58H60N3OPt-. The van der Waals surface area contributed by atoms with Crippen molar-refractivity contribution in [3.05, 3.63) is 167 Å². The van der Waals surface area contributed by atoms with Gasteiger partial charge in [0.25, 0.3) is 0 Å². The minimum Gasteiger partial charge on any atom is -0.507 e. The molecule has 0 amide bonds. The first-order valence-corrected chi connectivity index (χ1v) is 21.8. The number of phenols is 1. The molecule has 1 N–H and O–H groups in total. The summed E-state index contributed by atoms with van der Waals surface area (Å²) in [6.45, 7) is 25.8. The summed E-state index contributed by atoms with van der Waals surface area (Å²) < 4.78 is 11.5. The van der Waals surface area contributed by atoms with Gasteiger partial charge in [-0.25, -0.2) is 4.98 Å². The Balaban J connectivity index is 0.00000612. The number of aromatic nitrogens is 3. The van der Waals surface area contributed by atoms with Crippen molar-refractivity contribution in [2.24, 2.45) is 0 Å². The number of phenolic OH excluding ortho intramolecular Hbond substituents is 1. The summed E-state index contributed by atoms with van der Waals surface area (Å²) in [4.78, 5) is 10.5. The van der Waals surface area contributed by atoms with E-state index in [1.165, 1.54) is 5.56 Å². The molecule has 0 aliphatic heterocycles. The number of hydrogen-bond acceptors (Lipinski definition) is 3. The van der Waals surface area contributed by atoms with E-state index >= 15 is 0 Å². The monoisotopic (exact) mass is 1010 g/mol. The van der Waals surface area contributed by atoms with Crippen LogP contribution in [0.25, 0.3) is 72.7 Å². The third-order valence-electron chi connectivity index (χ3n) is 12.0. The van der Waals surface area contributed by atoms with E-state index in [0.29, 0.717) is 11.4 Å². The molecule has 0 bridgehead atoms. The van der Waals surface area contributed by atoms with Gasteiger partial charge in [0, 0.05) is 45.6 Å². The fourth-order valence-electron chi connectivity index (χ4n) is 8.18. The first-order chi connectivity index (χ1) is 29.6. The van der Waals surface area contributed by atoms with Gasteiger partial charge in [-0.1, -0.05) is 178 Å². The first kappa shape index (κ1) is 44.1. The van der Waals surface area contributed by atoms with E-state index in [4.69, 9.17) is 9.97 Å². The van der Waals surface area contributed by atoms with E-state index in [2.05, 4.69) is 189 Å². The molecule has 2 heterocycles. The molecule has 0 atom stereocenters. The molecular weight excluding hydrogens is 950 g/mol. The smallest absolute Gasteiger partial charge is 0.148 e. The standard InChI is InChI=1S/C58H60N3O.Pt/c1-36(2)41-27-42(38-17-14-13-15-18-38)32-47(31-41)61-52-20-16-19-48(53(52)60-55(61)49-34-46(57(7,8)9)35-50(54(49)62)58(10,11)12)43-28-44(30-45(29-43)56(4,5)6)51-33-40(25-26-59-51)39-23-21-37(3)22-24-39;/h13-27,29-36,62H,1-12H3;/q-1;/i36D;. The summed E-state index contributed by atoms with van der Waals surface area (Å²) in [5.74, 6) is -0.0412. The Kier molecular flexibility index (Phi) is 12.0. The van der Waals surface area contributed by atoms with Crippen LogP contribution in [0, 0.1) is 13.0 Å². The van der Waals surface area contributed by atoms with E-state index in [1.54, 1.807) is 0 Å². The summed E-state index contributed by atoms with van der Waals surface area (Å²) >= 11 is 0. The Morgan fingerprint density at radius 2 is 1.27 bits per heavy atom. The molecule has 0 radical (unpaired) electrons. The summed E-state index contributed by atoms with van der Waals surface area (Å²) in [5.41, 5.74) is 15.6. The molecule has 324 valence electrons. The van der Waals surface area contributed by atoms with Gasteiger partial charge in [-0.2, -0.15) is 0 Å². The fraction of sp³-hybridized carbons (Fsp3) is 0.276. The number of benzene rings is 6. The van der Waals surface area contributed by atoms with E-state index in [0.717, 1.165) is 83.6 Å². The van der Waals surface area contributed by atoms with Crippen LogP contribution in [0.2, 0.25) is 0 Å². The summed E-state index contributed by atoms with van der Waals surface area (Å²) in [7, 11) is 0. The third-order valence-corrected chi connectivity index (χ3v) is 12.0. The normalized spacial score (nSPS) is 12.6. The van der Waals surface area contributed by atoms with Crippen LogP contribution in [0.1, 0.15) is 111 Å². The van der Waals surface area contributed by atoms with E-state index < -0.39 is 5.89 Å². The largest absolute Gasteiger partial charge is 0.507 e. The average Bonchev–Trinajstić information content (AvgIpc) is 3.62. The molecule has 5 heteroatoms. The zero-order valence-corrected chi connectivity index (χ0v) is 41.1. The summed E-state index contributed by atoms with van der Waals surface area (Å²) in [5, 5.41) is 12.5. The van der Waals surface area contributed by atoms with Crippen LogP contribution < -0.4 is 0 Å². The minimum absolute atomic E-state index is 0. The SMILES string of the molecule is [2H]C(C)(C)c1cc(-c2ccccc2)cc(-n2c(-c3cc(C(C)(C)C)cc(C(C)(C)C)c3O)nc3c(-c4[c-]c(-c5cc(-c6ccc(C)cc6)ccn5)cc(C(C)(C)C)c4)cccc32)c1.[Pt]. The van der Waals surface area contributed by atoms with Gasteiger partial charge < -0.3 is 5.11 Å². The van der Waals surface area contributed by atoms with Crippen molar-refractivity contribution >= 4 is 11.0 Å². The van der Waals surface area contributed by atoms with Crippen LogP contribution >= 0.6 is 0 Å². The molecule has 63 heavy (non-hydrogen) atoms. The maximum Gasteiger partial charge on any atom is 0.148 e. The molecule has 6 aromatic carbocycles. The Bertz CT molecular complexity index is 2990. The van der Waals surface area contributed by atoms with Crippen molar-refractivity contribution in [3.63, 3.8) is 0 Å².